The van der Waals surface area contributed by atoms with Gasteiger partial charge in [-0.25, -0.2) is 4.98 Å². The van der Waals surface area contributed by atoms with Gasteiger partial charge in [0.2, 0.25) is 5.91 Å². The van der Waals surface area contributed by atoms with E-state index in [0.717, 1.165) is 49.6 Å². The van der Waals surface area contributed by atoms with Crippen LogP contribution in [0, 0.1) is 0 Å². The first-order valence-corrected chi connectivity index (χ1v) is 9.04. The highest BCUT2D eigenvalue weighted by Gasteiger charge is 2.31. The highest BCUT2D eigenvalue weighted by Crippen LogP contribution is 2.31. The van der Waals surface area contributed by atoms with Crippen molar-refractivity contribution in [1.29, 1.82) is 0 Å². The first kappa shape index (κ1) is 18.3. The summed E-state index contributed by atoms with van der Waals surface area (Å²) in [6, 6.07) is 4.02. The Morgan fingerprint density at radius 1 is 1.35 bits per heavy atom. The highest BCUT2D eigenvalue weighted by atomic mass is 16.2. The van der Waals surface area contributed by atoms with E-state index in [1.54, 1.807) is 18.6 Å². The summed E-state index contributed by atoms with van der Waals surface area (Å²) < 4.78 is 0. The van der Waals surface area contributed by atoms with Crippen LogP contribution in [0.3, 0.4) is 0 Å². The van der Waals surface area contributed by atoms with E-state index in [9.17, 15) is 4.79 Å². The summed E-state index contributed by atoms with van der Waals surface area (Å²) in [7, 11) is 3.85. The van der Waals surface area contributed by atoms with Crippen LogP contribution in [-0.4, -0.2) is 57.8 Å². The Bertz CT molecular complexity index is 723. The number of rotatable bonds is 7. The number of amides is 1. The van der Waals surface area contributed by atoms with Gasteiger partial charge in [-0.1, -0.05) is 6.07 Å². The zero-order chi connectivity index (χ0) is 18.4. The molecule has 7 heteroatoms. The minimum Gasteiger partial charge on any atom is -0.372 e. The maximum absolute atomic E-state index is 12.8. The second kappa shape index (κ2) is 8.71. The molecule has 0 spiro atoms. The van der Waals surface area contributed by atoms with Crippen molar-refractivity contribution < 1.29 is 4.79 Å². The van der Waals surface area contributed by atoms with Crippen LogP contribution in [0.25, 0.3) is 0 Å². The molecule has 138 valence electrons. The van der Waals surface area contributed by atoms with Gasteiger partial charge in [0.05, 0.1) is 24.1 Å². The maximum atomic E-state index is 12.8. The van der Waals surface area contributed by atoms with Crippen molar-refractivity contribution in [2.24, 2.45) is 0 Å². The van der Waals surface area contributed by atoms with E-state index in [2.05, 4.69) is 31.2 Å². The van der Waals surface area contributed by atoms with Gasteiger partial charge in [0, 0.05) is 45.5 Å². The average molecular weight is 354 g/mol. The summed E-state index contributed by atoms with van der Waals surface area (Å²) in [6.07, 6.45) is 9.55. The first-order chi connectivity index (χ1) is 12.7. The van der Waals surface area contributed by atoms with E-state index in [4.69, 9.17) is 0 Å². The lowest BCUT2D eigenvalue weighted by atomic mass is 10.1. The molecule has 0 unspecified atom stereocenters. The summed E-state index contributed by atoms with van der Waals surface area (Å²) in [5.41, 5.74) is 2.02. The number of pyridine rings is 1. The topological polar surface area (TPSA) is 74.2 Å². The van der Waals surface area contributed by atoms with Gasteiger partial charge in [-0.05, 0) is 31.5 Å². The van der Waals surface area contributed by atoms with Crippen molar-refractivity contribution in [3.63, 3.8) is 0 Å². The molecule has 1 aliphatic rings. The molecule has 3 rings (SSSR count). The zero-order valence-corrected chi connectivity index (χ0v) is 15.4. The molecule has 1 fully saturated rings. The molecule has 1 amide bonds. The van der Waals surface area contributed by atoms with Crippen LogP contribution in [0.15, 0.2) is 36.9 Å². The number of hydrogen-bond donors (Lipinski definition) is 1. The van der Waals surface area contributed by atoms with Crippen LogP contribution in [0.5, 0.6) is 0 Å². The second-order valence-corrected chi connectivity index (χ2v) is 6.67. The lowest BCUT2D eigenvalue weighted by Crippen LogP contribution is -2.33. The van der Waals surface area contributed by atoms with Crippen LogP contribution in [0.1, 0.15) is 36.6 Å². The van der Waals surface area contributed by atoms with Gasteiger partial charge in [0.15, 0.2) is 0 Å². The fraction of sp³-hybridized carbons (Fsp3) is 0.474. The molecule has 2 aromatic rings. The molecular weight excluding hydrogens is 328 g/mol. The largest absolute Gasteiger partial charge is 0.372 e. The number of aromatic nitrogens is 3. The fourth-order valence-corrected chi connectivity index (χ4v) is 3.35. The first-order valence-electron chi connectivity index (χ1n) is 9.04. The van der Waals surface area contributed by atoms with Crippen LogP contribution in [0.4, 0.5) is 5.82 Å². The number of nitrogens with one attached hydrogen (secondary N) is 1. The maximum Gasteiger partial charge on any atom is 0.224 e. The highest BCUT2D eigenvalue weighted by molar-refractivity contribution is 5.77. The molecule has 1 N–H and O–H groups in total. The predicted molar refractivity (Wildman–Crippen MR) is 100 cm³/mol. The Kier molecular flexibility index (Phi) is 6.12. The van der Waals surface area contributed by atoms with Crippen LogP contribution >= 0.6 is 0 Å². The van der Waals surface area contributed by atoms with Gasteiger partial charge >= 0.3 is 0 Å². The van der Waals surface area contributed by atoms with Gasteiger partial charge in [-0.15, -0.1) is 0 Å². The minimum absolute atomic E-state index is 0.0342. The van der Waals surface area contributed by atoms with Crippen molar-refractivity contribution >= 4 is 11.7 Å². The summed E-state index contributed by atoms with van der Waals surface area (Å²) in [4.78, 5) is 29.8. The number of carbonyl (C=O) groups is 1. The molecular formula is C19H26N6O. The summed E-state index contributed by atoms with van der Waals surface area (Å²) >= 11 is 0. The normalized spacial score (nSPS) is 16.9. The zero-order valence-electron chi connectivity index (χ0n) is 15.4. The molecule has 0 radical (unpaired) electrons. The van der Waals surface area contributed by atoms with Gasteiger partial charge in [0.1, 0.15) is 5.82 Å². The van der Waals surface area contributed by atoms with Crippen molar-refractivity contribution in [2.75, 3.05) is 32.5 Å². The van der Waals surface area contributed by atoms with E-state index in [1.165, 1.54) is 0 Å². The molecule has 0 bridgehead atoms. The molecule has 3 heterocycles. The number of nitrogens with zero attached hydrogens (tertiary/aromatic N) is 5. The van der Waals surface area contributed by atoms with Crippen molar-refractivity contribution in [3.8, 4) is 0 Å². The number of anilines is 1. The van der Waals surface area contributed by atoms with E-state index < -0.39 is 0 Å². The Hall–Kier alpha value is -2.54. The van der Waals surface area contributed by atoms with Crippen LogP contribution in [-0.2, 0) is 11.3 Å². The molecule has 1 aliphatic heterocycles. The van der Waals surface area contributed by atoms with E-state index in [0.29, 0.717) is 6.42 Å². The summed E-state index contributed by atoms with van der Waals surface area (Å²) in [6.45, 7) is 2.31. The summed E-state index contributed by atoms with van der Waals surface area (Å²) in [5, 5.41) is 3.01. The number of likely N-dealkylation sites (tertiary alicyclic amines) is 1. The third-order valence-electron chi connectivity index (χ3n) is 4.71. The van der Waals surface area contributed by atoms with Crippen molar-refractivity contribution in [3.05, 3.63) is 48.2 Å². The van der Waals surface area contributed by atoms with Crippen molar-refractivity contribution in [2.45, 2.75) is 31.8 Å². The monoisotopic (exact) mass is 354 g/mol. The Morgan fingerprint density at radius 3 is 3.00 bits per heavy atom. The van der Waals surface area contributed by atoms with Crippen LogP contribution in [0.2, 0.25) is 0 Å². The standard InChI is InChI=1S/C19H26N6O/c1-20-18-13-22-12-16(23-18)17-6-4-9-25(17)19(26)7-10-24(2)14-15-5-3-8-21-11-15/h3,5,8,11-13,17H,4,6-7,9-10,14H2,1-2H3,(H,20,23)/t17-/m0/s1. The molecule has 7 nitrogen and oxygen atoms in total. The molecule has 2 aromatic heterocycles. The van der Waals surface area contributed by atoms with Crippen molar-refractivity contribution in [1.82, 2.24) is 24.8 Å². The fourth-order valence-electron chi connectivity index (χ4n) is 3.35. The predicted octanol–water partition coefficient (Wildman–Crippen LogP) is 2.10. The molecule has 1 saturated heterocycles. The van der Waals surface area contributed by atoms with Crippen LogP contribution < -0.4 is 5.32 Å². The third kappa shape index (κ3) is 4.54. The number of hydrogen-bond acceptors (Lipinski definition) is 6. The lowest BCUT2D eigenvalue weighted by Gasteiger charge is -2.25. The number of carbonyl (C=O) groups excluding carboxylic acids is 1. The van der Waals surface area contributed by atoms with Gasteiger partial charge in [-0.3, -0.25) is 14.8 Å². The Labute approximate surface area is 154 Å². The average Bonchev–Trinajstić information content (AvgIpc) is 3.17. The third-order valence-corrected chi connectivity index (χ3v) is 4.71. The Morgan fingerprint density at radius 2 is 2.23 bits per heavy atom. The lowest BCUT2D eigenvalue weighted by molar-refractivity contribution is -0.132. The summed E-state index contributed by atoms with van der Waals surface area (Å²) in [5.74, 6) is 0.917. The molecule has 26 heavy (non-hydrogen) atoms. The quantitative estimate of drug-likeness (QED) is 0.821. The van der Waals surface area contributed by atoms with E-state index in [1.807, 2.05) is 31.3 Å². The Balaban J connectivity index is 1.56. The smallest absolute Gasteiger partial charge is 0.224 e. The SMILES string of the molecule is CNc1cncc([C@@H]2CCCN2C(=O)CCN(C)Cc2cccnc2)n1. The van der Waals surface area contributed by atoms with Gasteiger partial charge in [-0.2, -0.15) is 0 Å². The van der Waals surface area contributed by atoms with Gasteiger partial charge < -0.3 is 15.1 Å². The van der Waals surface area contributed by atoms with E-state index in [-0.39, 0.29) is 11.9 Å². The molecule has 1 atom stereocenters. The van der Waals surface area contributed by atoms with Gasteiger partial charge in [0.25, 0.3) is 0 Å². The molecule has 0 aliphatic carbocycles. The molecule has 0 saturated carbocycles. The minimum atomic E-state index is 0.0342. The van der Waals surface area contributed by atoms with E-state index >= 15 is 0 Å². The molecule has 0 aromatic carbocycles. The second-order valence-electron chi connectivity index (χ2n) is 6.67.